The number of carbonyl (C=O) groups is 1. The van der Waals surface area contributed by atoms with Gasteiger partial charge in [0.2, 0.25) is 5.91 Å². The van der Waals surface area contributed by atoms with Gasteiger partial charge < -0.3 is 10.6 Å². The summed E-state index contributed by atoms with van der Waals surface area (Å²) in [6, 6.07) is 0. The Bertz CT molecular complexity index is 269. The smallest absolute Gasteiger partial charge is 0.222 e. The van der Waals surface area contributed by atoms with E-state index in [9.17, 15) is 4.79 Å². The molecule has 0 atom stereocenters. The van der Waals surface area contributed by atoms with Crippen molar-refractivity contribution >= 4 is 5.91 Å². The van der Waals surface area contributed by atoms with E-state index in [0.29, 0.717) is 18.9 Å². The fourth-order valence-corrected chi connectivity index (χ4v) is 3.33. The van der Waals surface area contributed by atoms with Crippen LogP contribution in [0.4, 0.5) is 0 Å². The van der Waals surface area contributed by atoms with Crippen LogP contribution in [0.2, 0.25) is 0 Å². The van der Waals surface area contributed by atoms with Gasteiger partial charge in [-0.25, -0.2) is 0 Å². The highest BCUT2D eigenvalue weighted by Gasteiger charge is 2.23. The molecule has 1 saturated carbocycles. The lowest BCUT2D eigenvalue weighted by Crippen LogP contribution is -2.49. The molecule has 0 spiro atoms. The maximum atomic E-state index is 11.9. The van der Waals surface area contributed by atoms with Gasteiger partial charge in [0.1, 0.15) is 0 Å². The van der Waals surface area contributed by atoms with Crippen LogP contribution in [-0.2, 0) is 4.79 Å². The monoisotopic (exact) mass is 267 g/mol. The summed E-state index contributed by atoms with van der Waals surface area (Å²) in [5.74, 6) is 1.20. The summed E-state index contributed by atoms with van der Waals surface area (Å²) in [5.41, 5.74) is 5.45. The van der Waals surface area contributed by atoms with E-state index in [2.05, 4.69) is 4.90 Å². The molecule has 1 heterocycles. The quantitative estimate of drug-likeness (QED) is 0.820. The number of hydrogen-bond acceptors (Lipinski definition) is 3. The van der Waals surface area contributed by atoms with Crippen LogP contribution in [0, 0.1) is 5.92 Å². The van der Waals surface area contributed by atoms with Gasteiger partial charge in [-0.3, -0.25) is 9.69 Å². The zero-order valence-corrected chi connectivity index (χ0v) is 12.1. The molecule has 0 aromatic carbocycles. The average molecular weight is 267 g/mol. The second-order valence-corrected chi connectivity index (χ2v) is 6.08. The molecule has 2 fully saturated rings. The molecule has 0 unspecified atom stereocenters. The van der Waals surface area contributed by atoms with Crippen LogP contribution >= 0.6 is 0 Å². The topological polar surface area (TPSA) is 49.6 Å². The summed E-state index contributed by atoms with van der Waals surface area (Å²) in [7, 11) is 0. The fraction of sp³-hybridized carbons (Fsp3) is 0.933. The molecule has 2 N–H and O–H groups in total. The molecule has 0 aromatic rings. The minimum Gasteiger partial charge on any atom is -0.340 e. The van der Waals surface area contributed by atoms with Gasteiger partial charge in [-0.1, -0.05) is 19.3 Å². The lowest BCUT2D eigenvalue weighted by atomic mass is 9.89. The third-order valence-electron chi connectivity index (χ3n) is 4.56. The molecule has 1 amide bonds. The standard InChI is InChI=1S/C15H29N3O/c16-8-4-7-15(19)18-11-9-17(10-12-18)13-14-5-2-1-3-6-14/h14H,1-13,16H2. The normalized spacial score (nSPS) is 22.7. The minimum absolute atomic E-state index is 0.294. The molecule has 4 heteroatoms. The Morgan fingerprint density at radius 2 is 1.74 bits per heavy atom. The van der Waals surface area contributed by atoms with E-state index in [1.807, 2.05) is 4.90 Å². The highest BCUT2D eigenvalue weighted by atomic mass is 16.2. The third-order valence-corrected chi connectivity index (χ3v) is 4.56. The number of hydrogen-bond donors (Lipinski definition) is 1. The van der Waals surface area contributed by atoms with Gasteiger partial charge in [0.05, 0.1) is 0 Å². The van der Waals surface area contributed by atoms with Crippen LogP contribution in [0.15, 0.2) is 0 Å². The van der Waals surface area contributed by atoms with Crippen molar-refractivity contribution in [1.82, 2.24) is 9.80 Å². The van der Waals surface area contributed by atoms with Gasteiger partial charge in [-0.2, -0.15) is 0 Å². The number of amides is 1. The van der Waals surface area contributed by atoms with Crippen LogP contribution in [0.3, 0.4) is 0 Å². The maximum absolute atomic E-state index is 11.9. The van der Waals surface area contributed by atoms with Gasteiger partial charge in [0.15, 0.2) is 0 Å². The molecule has 0 radical (unpaired) electrons. The number of rotatable bonds is 5. The Labute approximate surface area is 117 Å². The molecule has 2 rings (SSSR count). The average Bonchev–Trinajstić information content (AvgIpc) is 2.46. The highest BCUT2D eigenvalue weighted by molar-refractivity contribution is 5.76. The first kappa shape index (κ1) is 14.8. The van der Waals surface area contributed by atoms with Gasteiger partial charge in [0.25, 0.3) is 0 Å². The molecule has 0 bridgehead atoms. The number of carbonyl (C=O) groups excluding carboxylic acids is 1. The SMILES string of the molecule is NCCCC(=O)N1CCN(CC2CCCCC2)CC1. The largest absolute Gasteiger partial charge is 0.340 e. The number of piperazine rings is 1. The van der Waals surface area contributed by atoms with Crippen molar-refractivity contribution in [3.63, 3.8) is 0 Å². The Balaban J connectivity index is 1.65. The molecular formula is C15H29N3O. The van der Waals surface area contributed by atoms with Crippen LogP contribution in [0.1, 0.15) is 44.9 Å². The van der Waals surface area contributed by atoms with E-state index in [1.165, 1.54) is 38.6 Å². The van der Waals surface area contributed by atoms with E-state index in [4.69, 9.17) is 5.73 Å². The Kier molecular flexibility index (Phi) is 6.11. The summed E-state index contributed by atoms with van der Waals surface area (Å²) in [4.78, 5) is 16.5. The fourth-order valence-electron chi connectivity index (χ4n) is 3.33. The highest BCUT2D eigenvalue weighted by Crippen LogP contribution is 2.24. The van der Waals surface area contributed by atoms with Crippen molar-refractivity contribution in [2.45, 2.75) is 44.9 Å². The zero-order valence-electron chi connectivity index (χ0n) is 12.1. The van der Waals surface area contributed by atoms with Crippen molar-refractivity contribution in [2.75, 3.05) is 39.3 Å². The van der Waals surface area contributed by atoms with E-state index < -0.39 is 0 Å². The van der Waals surface area contributed by atoms with Gasteiger partial charge in [0, 0.05) is 39.1 Å². The predicted octanol–water partition coefficient (Wildman–Crippen LogP) is 1.45. The summed E-state index contributed by atoms with van der Waals surface area (Å²) < 4.78 is 0. The molecule has 2 aliphatic rings. The predicted molar refractivity (Wildman–Crippen MR) is 77.9 cm³/mol. The third kappa shape index (κ3) is 4.77. The van der Waals surface area contributed by atoms with Gasteiger partial charge in [-0.15, -0.1) is 0 Å². The number of nitrogens with zero attached hydrogens (tertiary/aromatic N) is 2. The van der Waals surface area contributed by atoms with Crippen molar-refractivity contribution in [3.05, 3.63) is 0 Å². The van der Waals surface area contributed by atoms with E-state index in [0.717, 1.165) is 38.5 Å². The first-order valence-electron chi connectivity index (χ1n) is 8.00. The minimum atomic E-state index is 0.294. The van der Waals surface area contributed by atoms with Crippen molar-refractivity contribution < 1.29 is 4.79 Å². The summed E-state index contributed by atoms with van der Waals surface area (Å²) >= 11 is 0. The summed E-state index contributed by atoms with van der Waals surface area (Å²) in [6.45, 7) is 5.82. The van der Waals surface area contributed by atoms with Crippen LogP contribution in [0.5, 0.6) is 0 Å². The van der Waals surface area contributed by atoms with Gasteiger partial charge >= 0.3 is 0 Å². The molecular weight excluding hydrogens is 238 g/mol. The molecule has 1 aliphatic carbocycles. The second-order valence-electron chi connectivity index (χ2n) is 6.08. The molecule has 1 aliphatic heterocycles. The van der Waals surface area contributed by atoms with E-state index >= 15 is 0 Å². The maximum Gasteiger partial charge on any atom is 0.222 e. The first-order chi connectivity index (χ1) is 9.29. The van der Waals surface area contributed by atoms with Gasteiger partial charge in [-0.05, 0) is 31.7 Å². The van der Waals surface area contributed by atoms with Crippen molar-refractivity contribution in [1.29, 1.82) is 0 Å². The molecule has 19 heavy (non-hydrogen) atoms. The Hall–Kier alpha value is -0.610. The van der Waals surface area contributed by atoms with E-state index in [-0.39, 0.29) is 0 Å². The zero-order chi connectivity index (χ0) is 13.5. The van der Waals surface area contributed by atoms with Crippen molar-refractivity contribution in [3.8, 4) is 0 Å². The molecule has 0 aromatic heterocycles. The van der Waals surface area contributed by atoms with Crippen LogP contribution in [0.25, 0.3) is 0 Å². The van der Waals surface area contributed by atoms with Crippen molar-refractivity contribution in [2.24, 2.45) is 11.7 Å². The van der Waals surface area contributed by atoms with E-state index in [1.54, 1.807) is 0 Å². The summed E-state index contributed by atoms with van der Waals surface area (Å²) in [5, 5.41) is 0. The van der Waals surface area contributed by atoms with Crippen LogP contribution < -0.4 is 5.73 Å². The Morgan fingerprint density at radius 1 is 1.05 bits per heavy atom. The molecule has 110 valence electrons. The number of nitrogens with two attached hydrogens (primary N) is 1. The second kappa shape index (κ2) is 7.85. The Morgan fingerprint density at radius 3 is 2.37 bits per heavy atom. The lowest BCUT2D eigenvalue weighted by Gasteiger charge is -2.37. The van der Waals surface area contributed by atoms with Crippen LogP contribution in [-0.4, -0.2) is 55.0 Å². The first-order valence-corrected chi connectivity index (χ1v) is 8.00. The summed E-state index contributed by atoms with van der Waals surface area (Å²) in [6.07, 6.45) is 8.54. The lowest BCUT2D eigenvalue weighted by molar-refractivity contribution is -0.133. The molecule has 1 saturated heterocycles. The molecule has 4 nitrogen and oxygen atoms in total.